The molecule has 3 aliphatic heterocycles. The first-order valence-electron chi connectivity index (χ1n) is 6.26. The van der Waals surface area contributed by atoms with E-state index in [-0.39, 0.29) is 24.8 Å². The van der Waals surface area contributed by atoms with Gasteiger partial charge in [-0.3, -0.25) is 19.3 Å². The number of hydrogen-bond acceptors (Lipinski definition) is 4. The van der Waals surface area contributed by atoms with Crippen molar-refractivity contribution in [2.45, 2.75) is 31.5 Å². The van der Waals surface area contributed by atoms with E-state index in [9.17, 15) is 14.4 Å². The molecule has 6 heteroatoms. The van der Waals surface area contributed by atoms with Gasteiger partial charge < -0.3 is 9.84 Å². The van der Waals surface area contributed by atoms with Gasteiger partial charge in [0, 0.05) is 6.54 Å². The Kier molecular flexibility index (Phi) is 2.24. The number of imide groups is 1. The predicted molar refractivity (Wildman–Crippen MR) is 63.0 cm³/mol. The Hall–Kier alpha value is -1.69. The number of rotatable bonds is 3. The standard InChI is InChI=1S/C13H15NO5/c1-12-4-5-13(2,19-12)9-8(12)10(17)14(11(9)18)6-3-7(15)16/h4-5,8-9H,3,6H2,1-2H3,(H,15,16). The Labute approximate surface area is 110 Å². The Balaban J connectivity index is 1.91. The molecule has 0 saturated carbocycles. The molecule has 0 aliphatic carbocycles. The average molecular weight is 265 g/mol. The van der Waals surface area contributed by atoms with Crippen LogP contribution in [0.25, 0.3) is 0 Å². The summed E-state index contributed by atoms with van der Waals surface area (Å²) >= 11 is 0. The predicted octanol–water partition coefficient (Wildman–Crippen LogP) is 0.180. The van der Waals surface area contributed by atoms with Gasteiger partial charge in [0.15, 0.2) is 0 Å². The SMILES string of the molecule is CC12C=CC(C)(O1)C1C(=O)N(CCC(=O)O)C(=O)C12. The summed E-state index contributed by atoms with van der Waals surface area (Å²) in [5.74, 6) is -2.70. The average Bonchev–Trinajstić information content (AvgIpc) is 2.83. The number of carboxylic acids is 1. The molecule has 3 heterocycles. The number of ether oxygens (including phenoxy) is 1. The van der Waals surface area contributed by atoms with Crippen LogP contribution in [0.5, 0.6) is 0 Å². The van der Waals surface area contributed by atoms with E-state index in [0.29, 0.717) is 0 Å². The fourth-order valence-electron chi connectivity index (χ4n) is 3.52. The number of carbonyl (C=O) groups excluding carboxylic acids is 2. The monoisotopic (exact) mass is 265 g/mol. The van der Waals surface area contributed by atoms with Gasteiger partial charge in [0.05, 0.1) is 29.5 Å². The van der Waals surface area contributed by atoms with Gasteiger partial charge >= 0.3 is 5.97 Å². The smallest absolute Gasteiger partial charge is 0.305 e. The van der Waals surface area contributed by atoms with Gasteiger partial charge in [-0.1, -0.05) is 12.2 Å². The zero-order valence-corrected chi connectivity index (χ0v) is 10.8. The molecule has 4 unspecified atom stereocenters. The molecule has 1 N–H and O–H groups in total. The minimum Gasteiger partial charge on any atom is -0.481 e. The number of carbonyl (C=O) groups is 3. The van der Waals surface area contributed by atoms with Gasteiger partial charge in [-0.15, -0.1) is 0 Å². The molecule has 19 heavy (non-hydrogen) atoms. The largest absolute Gasteiger partial charge is 0.481 e. The first-order chi connectivity index (χ1) is 8.78. The summed E-state index contributed by atoms with van der Waals surface area (Å²) in [4.78, 5) is 36.4. The second-order valence-corrected chi connectivity index (χ2v) is 5.73. The molecule has 4 atom stereocenters. The van der Waals surface area contributed by atoms with Crippen LogP contribution in [0.2, 0.25) is 0 Å². The highest BCUT2D eigenvalue weighted by molar-refractivity contribution is 6.07. The lowest BCUT2D eigenvalue weighted by Gasteiger charge is -2.24. The van der Waals surface area contributed by atoms with Crippen molar-refractivity contribution in [2.75, 3.05) is 6.54 Å². The third-order valence-corrected chi connectivity index (χ3v) is 4.37. The van der Waals surface area contributed by atoms with Crippen molar-refractivity contribution < 1.29 is 24.2 Å². The summed E-state index contributed by atoms with van der Waals surface area (Å²) in [6.45, 7) is 3.53. The first kappa shape index (κ1) is 12.3. The van der Waals surface area contributed by atoms with Crippen LogP contribution < -0.4 is 0 Å². The fraction of sp³-hybridized carbons (Fsp3) is 0.615. The summed E-state index contributed by atoms with van der Waals surface area (Å²) in [5.41, 5.74) is -1.49. The third-order valence-electron chi connectivity index (χ3n) is 4.37. The summed E-state index contributed by atoms with van der Waals surface area (Å²) in [5, 5.41) is 8.68. The number of likely N-dealkylation sites (tertiary alicyclic amines) is 1. The summed E-state index contributed by atoms with van der Waals surface area (Å²) in [6.07, 6.45) is 3.44. The number of amides is 2. The van der Waals surface area contributed by atoms with E-state index in [4.69, 9.17) is 9.84 Å². The van der Waals surface area contributed by atoms with Crippen molar-refractivity contribution in [3.63, 3.8) is 0 Å². The van der Waals surface area contributed by atoms with Crippen molar-refractivity contribution in [3.05, 3.63) is 12.2 Å². The highest BCUT2D eigenvalue weighted by Crippen LogP contribution is 2.56. The fourth-order valence-corrected chi connectivity index (χ4v) is 3.52. The van der Waals surface area contributed by atoms with Crippen LogP contribution in [0.15, 0.2) is 12.2 Å². The summed E-state index contributed by atoms with van der Waals surface area (Å²) < 4.78 is 5.83. The maximum absolute atomic E-state index is 12.3. The van der Waals surface area contributed by atoms with E-state index < -0.39 is 29.0 Å². The molecule has 2 fully saturated rings. The van der Waals surface area contributed by atoms with E-state index in [0.717, 1.165) is 4.90 Å². The Morgan fingerprint density at radius 2 is 1.74 bits per heavy atom. The zero-order valence-electron chi connectivity index (χ0n) is 10.8. The summed E-state index contributed by atoms with van der Waals surface area (Å²) in [6, 6.07) is 0. The topological polar surface area (TPSA) is 83.9 Å². The van der Waals surface area contributed by atoms with E-state index in [1.54, 1.807) is 13.8 Å². The number of hydrogen-bond donors (Lipinski definition) is 1. The third kappa shape index (κ3) is 1.43. The molecule has 2 bridgehead atoms. The van der Waals surface area contributed by atoms with Crippen LogP contribution in [0.4, 0.5) is 0 Å². The quantitative estimate of drug-likeness (QED) is 0.581. The highest BCUT2D eigenvalue weighted by atomic mass is 16.5. The maximum atomic E-state index is 12.3. The van der Waals surface area contributed by atoms with Crippen molar-refractivity contribution in [3.8, 4) is 0 Å². The number of carboxylic acid groups (broad SMARTS) is 1. The summed E-state index contributed by atoms with van der Waals surface area (Å²) in [7, 11) is 0. The molecule has 0 aromatic heterocycles. The normalized spacial score (nSPS) is 43.2. The molecule has 0 aromatic rings. The second kappa shape index (κ2) is 3.45. The molecule has 2 amide bonds. The van der Waals surface area contributed by atoms with Gasteiger partial charge in [-0.2, -0.15) is 0 Å². The van der Waals surface area contributed by atoms with E-state index in [1.807, 2.05) is 12.2 Å². The van der Waals surface area contributed by atoms with Crippen molar-refractivity contribution in [1.82, 2.24) is 4.90 Å². The van der Waals surface area contributed by atoms with Crippen LogP contribution in [-0.4, -0.2) is 45.5 Å². The van der Waals surface area contributed by atoms with Crippen LogP contribution >= 0.6 is 0 Å². The Bertz CT molecular complexity index is 491. The molecule has 3 rings (SSSR count). The number of fused-ring (bicyclic) bond motifs is 5. The van der Waals surface area contributed by atoms with Gasteiger partial charge in [-0.05, 0) is 13.8 Å². The lowest BCUT2D eigenvalue weighted by molar-refractivity contribution is -0.147. The first-order valence-corrected chi connectivity index (χ1v) is 6.26. The van der Waals surface area contributed by atoms with Crippen molar-refractivity contribution >= 4 is 17.8 Å². The van der Waals surface area contributed by atoms with Crippen molar-refractivity contribution in [2.24, 2.45) is 11.8 Å². The van der Waals surface area contributed by atoms with E-state index in [2.05, 4.69) is 0 Å². The molecule has 0 radical (unpaired) electrons. The van der Waals surface area contributed by atoms with E-state index >= 15 is 0 Å². The lowest BCUT2D eigenvalue weighted by atomic mass is 9.73. The molecule has 3 aliphatic rings. The molecule has 0 aromatic carbocycles. The van der Waals surface area contributed by atoms with E-state index in [1.165, 1.54) is 0 Å². The number of aliphatic carboxylic acids is 1. The zero-order chi connectivity index (χ0) is 14.0. The van der Waals surface area contributed by atoms with Gasteiger partial charge in [0.1, 0.15) is 0 Å². The molecule has 102 valence electrons. The maximum Gasteiger partial charge on any atom is 0.305 e. The lowest BCUT2D eigenvalue weighted by Crippen LogP contribution is -2.40. The molecular weight excluding hydrogens is 250 g/mol. The van der Waals surface area contributed by atoms with Crippen molar-refractivity contribution in [1.29, 1.82) is 0 Å². The minimum absolute atomic E-state index is 0.0633. The van der Waals surface area contributed by atoms with Crippen LogP contribution in [0.3, 0.4) is 0 Å². The molecule has 2 saturated heterocycles. The van der Waals surface area contributed by atoms with Gasteiger partial charge in [0.25, 0.3) is 0 Å². The van der Waals surface area contributed by atoms with Crippen LogP contribution in [-0.2, 0) is 19.1 Å². The number of nitrogens with zero attached hydrogens (tertiary/aromatic N) is 1. The van der Waals surface area contributed by atoms with Crippen LogP contribution in [0, 0.1) is 11.8 Å². The second-order valence-electron chi connectivity index (χ2n) is 5.73. The molecule has 0 spiro atoms. The van der Waals surface area contributed by atoms with Crippen LogP contribution in [0.1, 0.15) is 20.3 Å². The van der Waals surface area contributed by atoms with Gasteiger partial charge in [0.2, 0.25) is 11.8 Å². The Morgan fingerprint density at radius 1 is 1.26 bits per heavy atom. The molecule has 6 nitrogen and oxygen atoms in total. The highest BCUT2D eigenvalue weighted by Gasteiger charge is 2.70. The minimum atomic E-state index is -1.02. The Morgan fingerprint density at radius 3 is 2.16 bits per heavy atom. The van der Waals surface area contributed by atoms with Gasteiger partial charge in [-0.25, -0.2) is 0 Å². The molecular formula is C13H15NO5.